The first kappa shape index (κ1) is 18.1. The summed E-state index contributed by atoms with van der Waals surface area (Å²) in [5, 5.41) is 7.01. The third-order valence-electron chi connectivity index (χ3n) is 4.74. The highest BCUT2D eigenvalue weighted by atomic mass is 35.5. The first-order chi connectivity index (χ1) is 13.1. The number of halogens is 1. The number of carbonyl (C=O) groups is 1. The molecule has 1 aromatic carbocycles. The van der Waals surface area contributed by atoms with Crippen molar-refractivity contribution in [2.45, 2.75) is 32.1 Å². The van der Waals surface area contributed by atoms with Crippen LogP contribution in [0.3, 0.4) is 0 Å². The van der Waals surface area contributed by atoms with Crippen molar-refractivity contribution < 1.29 is 4.79 Å². The van der Waals surface area contributed by atoms with E-state index in [0.717, 1.165) is 37.2 Å². The summed E-state index contributed by atoms with van der Waals surface area (Å²) >= 11 is 7.25. The van der Waals surface area contributed by atoms with Crippen LogP contribution in [0.5, 0.6) is 0 Å². The van der Waals surface area contributed by atoms with E-state index in [1.807, 2.05) is 22.4 Å². The van der Waals surface area contributed by atoms with Crippen LogP contribution >= 0.6 is 22.9 Å². The van der Waals surface area contributed by atoms with Gasteiger partial charge in [-0.05, 0) is 37.0 Å². The van der Waals surface area contributed by atoms with E-state index < -0.39 is 0 Å². The lowest BCUT2D eigenvalue weighted by molar-refractivity contribution is -0.131. The lowest BCUT2D eigenvalue weighted by Gasteiger charge is -2.26. The molecule has 1 amide bonds. The van der Waals surface area contributed by atoms with Crippen LogP contribution in [0.1, 0.15) is 36.2 Å². The minimum absolute atomic E-state index is 0.106. The minimum atomic E-state index is -0.333. The molecule has 1 fully saturated rings. The van der Waals surface area contributed by atoms with Gasteiger partial charge in [0.25, 0.3) is 5.56 Å². The number of benzene rings is 1. The van der Waals surface area contributed by atoms with Crippen molar-refractivity contribution in [2.24, 2.45) is 0 Å². The lowest BCUT2D eigenvalue weighted by atomic mass is 10.1. The molecule has 0 saturated carbocycles. The number of fused-ring (bicyclic) bond motifs is 1. The number of nitrogens with zero attached hydrogens (tertiary/aromatic N) is 4. The molecular weight excluding hydrogens is 384 g/mol. The summed E-state index contributed by atoms with van der Waals surface area (Å²) in [7, 11) is 0. The number of rotatable bonds is 4. The van der Waals surface area contributed by atoms with Crippen LogP contribution in [0.4, 0.5) is 0 Å². The molecule has 27 heavy (non-hydrogen) atoms. The topological polar surface area (TPSA) is 67.6 Å². The predicted molar refractivity (Wildman–Crippen MR) is 106 cm³/mol. The Hall–Kier alpha value is -2.25. The van der Waals surface area contributed by atoms with Crippen molar-refractivity contribution in [3.8, 4) is 0 Å². The van der Waals surface area contributed by atoms with Gasteiger partial charge in [0.1, 0.15) is 5.69 Å². The summed E-state index contributed by atoms with van der Waals surface area (Å²) in [6, 6.07) is 7.31. The Kier molecular flexibility index (Phi) is 5.22. The van der Waals surface area contributed by atoms with Crippen molar-refractivity contribution in [3.05, 3.63) is 62.0 Å². The van der Waals surface area contributed by atoms with Gasteiger partial charge in [0.15, 0.2) is 0 Å². The van der Waals surface area contributed by atoms with E-state index in [4.69, 9.17) is 11.6 Å². The number of hydrogen-bond acceptors (Lipinski definition) is 5. The highest BCUT2D eigenvalue weighted by Crippen LogP contribution is 2.17. The molecular formula is C19H19ClN4O2S. The number of likely N-dealkylation sites (tertiary alicyclic amines) is 1. The van der Waals surface area contributed by atoms with Crippen molar-refractivity contribution in [2.75, 3.05) is 13.1 Å². The molecule has 0 atom stereocenters. The molecule has 3 heterocycles. The van der Waals surface area contributed by atoms with Gasteiger partial charge in [-0.25, -0.2) is 4.52 Å². The third kappa shape index (κ3) is 4.04. The van der Waals surface area contributed by atoms with Crippen LogP contribution in [-0.2, 0) is 17.6 Å². The average Bonchev–Trinajstić information content (AvgIpc) is 3.06. The standard InChI is InChI=1S/C19H19ClN4O2S/c20-14-6-4-13(5-7-14)10-16-18(26)21-19-24(22-16)15(12-27-19)11-17(25)23-8-2-1-3-9-23/h4-7,12H,1-3,8-11H2. The Labute approximate surface area is 165 Å². The zero-order valence-corrected chi connectivity index (χ0v) is 16.3. The van der Waals surface area contributed by atoms with E-state index in [1.54, 1.807) is 16.6 Å². The highest BCUT2D eigenvalue weighted by molar-refractivity contribution is 7.15. The molecule has 1 aliphatic rings. The Balaban J connectivity index is 1.60. The van der Waals surface area contributed by atoms with E-state index >= 15 is 0 Å². The summed E-state index contributed by atoms with van der Waals surface area (Å²) in [5.74, 6) is 0.106. The molecule has 0 radical (unpaired) electrons. The minimum Gasteiger partial charge on any atom is -0.342 e. The SMILES string of the molecule is O=C(Cc1csc2nc(=O)c(Cc3ccc(Cl)cc3)nn12)N1CCCCC1. The fraction of sp³-hybridized carbons (Fsp3) is 0.368. The van der Waals surface area contributed by atoms with Crippen molar-refractivity contribution in [3.63, 3.8) is 0 Å². The molecule has 3 aromatic rings. The van der Waals surface area contributed by atoms with Gasteiger partial charge in [-0.1, -0.05) is 23.7 Å². The normalized spacial score (nSPS) is 14.6. The third-order valence-corrected chi connectivity index (χ3v) is 5.86. The summed E-state index contributed by atoms with van der Waals surface area (Å²) in [5.41, 5.74) is 1.74. The fourth-order valence-corrected chi connectivity index (χ4v) is 4.22. The van der Waals surface area contributed by atoms with Crippen LogP contribution in [0.2, 0.25) is 5.02 Å². The van der Waals surface area contributed by atoms with E-state index in [1.165, 1.54) is 17.8 Å². The monoisotopic (exact) mass is 402 g/mol. The molecule has 2 aromatic heterocycles. The fourth-order valence-electron chi connectivity index (χ4n) is 3.27. The molecule has 6 nitrogen and oxygen atoms in total. The van der Waals surface area contributed by atoms with Crippen LogP contribution in [-0.4, -0.2) is 38.5 Å². The Morgan fingerprint density at radius 2 is 1.89 bits per heavy atom. The van der Waals surface area contributed by atoms with Gasteiger partial charge < -0.3 is 4.90 Å². The van der Waals surface area contributed by atoms with Crippen LogP contribution < -0.4 is 5.56 Å². The van der Waals surface area contributed by atoms with Gasteiger partial charge in [-0.2, -0.15) is 10.1 Å². The summed E-state index contributed by atoms with van der Waals surface area (Å²) in [6.07, 6.45) is 3.96. The smallest absolute Gasteiger partial charge is 0.296 e. The second-order valence-corrected chi connectivity index (χ2v) is 7.98. The number of aromatic nitrogens is 3. The molecule has 1 saturated heterocycles. The Bertz CT molecular complexity index is 1020. The summed E-state index contributed by atoms with van der Waals surface area (Å²) in [4.78, 5) is 31.5. The van der Waals surface area contributed by atoms with Crippen LogP contribution in [0, 0.1) is 0 Å². The summed E-state index contributed by atoms with van der Waals surface area (Å²) in [6.45, 7) is 1.65. The predicted octanol–water partition coefficient (Wildman–Crippen LogP) is 2.95. The quantitative estimate of drug-likeness (QED) is 0.672. The number of thiazole rings is 1. The van der Waals surface area contributed by atoms with Crippen LogP contribution in [0.15, 0.2) is 34.4 Å². The van der Waals surface area contributed by atoms with Gasteiger partial charge in [0.2, 0.25) is 10.9 Å². The molecule has 4 rings (SSSR count). The number of carbonyl (C=O) groups excluding carboxylic acids is 1. The first-order valence-electron chi connectivity index (χ1n) is 8.99. The Morgan fingerprint density at radius 1 is 1.15 bits per heavy atom. The Morgan fingerprint density at radius 3 is 2.63 bits per heavy atom. The molecule has 0 aliphatic carbocycles. The first-order valence-corrected chi connectivity index (χ1v) is 10.2. The van der Waals surface area contributed by atoms with Crippen molar-refractivity contribution in [1.29, 1.82) is 0 Å². The maximum atomic E-state index is 12.6. The molecule has 8 heteroatoms. The maximum absolute atomic E-state index is 12.6. The molecule has 0 unspecified atom stereocenters. The summed E-state index contributed by atoms with van der Waals surface area (Å²) < 4.78 is 1.64. The van der Waals surface area contributed by atoms with Crippen LogP contribution in [0.25, 0.3) is 4.96 Å². The second-order valence-electron chi connectivity index (χ2n) is 6.71. The average molecular weight is 403 g/mol. The molecule has 0 N–H and O–H groups in total. The number of piperidine rings is 1. The zero-order chi connectivity index (χ0) is 18.8. The number of amides is 1. The van der Waals surface area contributed by atoms with Gasteiger partial charge in [-0.3, -0.25) is 9.59 Å². The lowest BCUT2D eigenvalue weighted by Crippen LogP contribution is -2.36. The highest BCUT2D eigenvalue weighted by Gasteiger charge is 2.19. The van der Waals surface area contributed by atoms with Crippen molar-refractivity contribution >= 4 is 33.8 Å². The van der Waals surface area contributed by atoms with E-state index in [-0.39, 0.29) is 17.9 Å². The largest absolute Gasteiger partial charge is 0.342 e. The van der Waals surface area contributed by atoms with Gasteiger partial charge >= 0.3 is 0 Å². The van der Waals surface area contributed by atoms with Gasteiger partial charge in [0, 0.05) is 29.9 Å². The molecule has 0 bridgehead atoms. The second kappa shape index (κ2) is 7.78. The molecule has 140 valence electrons. The van der Waals surface area contributed by atoms with Gasteiger partial charge in [-0.15, -0.1) is 11.3 Å². The maximum Gasteiger partial charge on any atom is 0.296 e. The zero-order valence-electron chi connectivity index (χ0n) is 14.7. The molecule has 1 aliphatic heterocycles. The van der Waals surface area contributed by atoms with E-state index in [9.17, 15) is 9.59 Å². The van der Waals surface area contributed by atoms with Crippen molar-refractivity contribution in [1.82, 2.24) is 19.5 Å². The number of hydrogen-bond donors (Lipinski definition) is 0. The van der Waals surface area contributed by atoms with Gasteiger partial charge in [0.05, 0.1) is 12.1 Å². The van der Waals surface area contributed by atoms with E-state index in [2.05, 4.69) is 10.1 Å². The van der Waals surface area contributed by atoms with E-state index in [0.29, 0.717) is 22.1 Å². The molecule has 0 spiro atoms.